The molecule has 0 fully saturated rings. The van der Waals surface area contributed by atoms with E-state index in [1.807, 2.05) is 18.7 Å². The van der Waals surface area contributed by atoms with E-state index in [1.54, 1.807) is 0 Å². The summed E-state index contributed by atoms with van der Waals surface area (Å²) >= 11 is 1.82. The number of thioether (sulfide) groups is 1. The zero-order valence-corrected chi connectivity index (χ0v) is 11.5. The molecule has 1 atom stereocenters. The standard InChI is InChI=1S/C13H19NO3S/c1-3-18-7-6-9(2)14-13(17)11-8-10(15)4-5-12(11)16/h4-5,8-9,15-16H,3,6-7H2,1-2H3,(H,14,17). The fourth-order valence-electron chi connectivity index (χ4n) is 1.48. The molecule has 1 rings (SSSR count). The van der Waals surface area contributed by atoms with E-state index in [9.17, 15) is 15.0 Å². The maximum atomic E-state index is 11.9. The number of benzene rings is 1. The van der Waals surface area contributed by atoms with Gasteiger partial charge in [-0.3, -0.25) is 4.79 Å². The summed E-state index contributed by atoms with van der Waals surface area (Å²) in [6.07, 6.45) is 0.879. The van der Waals surface area contributed by atoms with Crippen LogP contribution in [-0.4, -0.2) is 33.7 Å². The van der Waals surface area contributed by atoms with E-state index < -0.39 is 0 Å². The number of carbonyl (C=O) groups excluding carboxylic acids is 1. The maximum absolute atomic E-state index is 11.9. The third-order valence-electron chi connectivity index (χ3n) is 2.50. The maximum Gasteiger partial charge on any atom is 0.255 e. The van der Waals surface area contributed by atoms with Gasteiger partial charge in [-0.1, -0.05) is 6.92 Å². The van der Waals surface area contributed by atoms with E-state index in [-0.39, 0.29) is 29.0 Å². The summed E-state index contributed by atoms with van der Waals surface area (Å²) in [6.45, 7) is 4.02. The summed E-state index contributed by atoms with van der Waals surface area (Å²) < 4.78 is 0. The van der Waals surface area contributed by atoms with Crippen molar-refractivity contribution in [3.05, 3.63) is 23.8 Å². The predicted octanol–water partition coefficient (Wildman–Crippen LogP) is 2.36. The van der Waals surface area contributed by atoms with Gasteiger partial charge in [-0.25, -0.2) is 0 Å². The molecule has 0 radical (unpaired) electrons. The molecule has 18 heavy (non-hydrogen) atoms. The first kappa shape index (κ1) is 14.7. The molecule has 5 heteroatoms. The summed E-state index contributed by atoms with van der Waals surface area (Å²) in [7, 11) is 0. The smallest absolute Gasteiger partial charge is 0.255 e. The number of aromatic hydroxyl groups is 2. The van der Waals surface area contributed by atoms with Gasteiger partial charge in [-0.05, 0) is 43.0 Å². The summed E-state index contributed by atoms with van der Waals surface area (Å²) in [5.74, 6) is 1.53. The average molecular weight is 269 g/mol. The Balaban J connectivity index is 2.56. The fraction of sp³-hybridized carbons (Fsp3) is 0.462. The lowest BCUT2D eigenvalue weighted by Crippen LogP contribution is -2.33. The molecule has 0 aromatic heterocycles. The molecule has 0 aliphatic carbocycles. The third kappa shape index (κ3) is 4.49. The first-order valence-corrected chi connectivity index (χ1v) is 7.10. The first-order valence-electron chi connectivity index (χ1n) is 5.95. The summed E-state index contributed by atoms with van der Waals surface area (Å²) in [6, 6.07) is 3.95. The van der Waals surface area contributed by atoms with Crippen molar-refractivity contribution in [2.75, 3.05) is 11.5 Å². The highest BCUT2D eigenvalue weighted by Gasteiger charge is 2.14. The Kier molecular flexibility index (Phi) is 5.85. The van der Waals surface area contributed by atoms with E-state index in [0.717, 1.165) is 17.9 Å². The van der Waals surface area contributed by atoms with Crippen LogP contribution in [0.5, 0.6) is 11.5 Å². The van der Waals surface area contributed by atoms with Crippen LogP contribution in [0.15, 0.2) is 18.2 Å². The van der Waals surface area contributed by atoms with Gasteiger partial charge in [-0.2, -0.15) is 11.8 Å². The van der Waals surface area contributed by atoms with Crippen LogP contribution in [0.4, 0.5) is 0 Å². The number of hydrogen-bond donors (Lipinski definition) is 3. The zero-order chi connectivity index (χ0) is 13.5. The van der Waals surface area contributed by atoms with Gasteiger partial charge < -0.3 is 15.5 Å². The monoisotopic (exact) mass is 269 g/mol. The summed E-state index contributed by atoms with van der Waals surface area (Å²) in [5.41, 5.74) is 0.102. The van der Waals surface area contributed by atoms with Crippen molar-refractivity contribution in [3.63, 3.8) is 0 Å². The quantitative estimate of drug-likeness (QED) is 0.548. The van der Waals surface area contributed by atoms with Crippen molar-refractivity contribution >= 4 is 17.7 Å². The van der Waals surface area contributed by atoms with Gasteiger partial charge in [0.25, 0.3) is 5.91 Å². The molecule has 0 bridgehead atoms. The van der Waals surface area contributed by atoms with Crippen molar-refractivity contribution in [2.45, 2.75) is 26.3 Å². The van der Waals surface area contributed by atoms with Gasteiger partial charge in [-0.15, -0.1) is 0 Å². The number of hydrogen-bond acceptors (Lipinski definition) is 4. The number of amides is 1. The Labute approximate surface area is 111 Å². The minimum atomic E-state index is -0.364. The van der Waals surface area contributed by atoms with Crippen LogP contribution in [0, 0.1) is 0 Å². The Morgan fingerprint density at radius 3 is 2.83 bits per heavy atom. The number of carbonyl (C=O) groups is 1. The van der Waals surface area contributed by atoms with Crippen molar-refractivity contribution in [1.29, 1.82) is 0 Å². The molecule has 1 aromatic rings. The van der Waals surface area contributed by atoms with Crippen LogP contribution < -0.4 is 5.32 Å². The lowest BCUT2D eigenvalue weighted by molar-refractivity contribution is 0.0936. The van der Waals surface area contributed by atoms with Crippen molar-refractivity contribution in [2.24, 2.45) is 0 Å². The second kappa shape index (κ2) is 7.16. The van der Waals surface area contributed by atoms with E-state index in [2.05, 4.69) is 12.2 Å². The van der Waals surface area contributed by atoms with Crippen LogP contribution in [-0.2, 0) is 0 Å². The second-order valence-corrected chi connectivity index (χ2v) is 5.46. The van der Waals surface area contributed by atoms with Crippen LogP contribution >= 0.6 is 11.8 Å². The molecule has 0 aliphatic rings. The highest BCUT2D eigenvalue weighted by atomic mass is 32.2. The topological polar surface area (TPSA) is 69.6 Å². The number of rotatable bonds is 6. The molecule has 1 amide bonds. The van der Waals surface area contributed by atoms with Crippen molar-refractivity contribution in [1.82, 2.24) is 5.32 Å². The van der Waals surface area contributed by atoms with Gasteiger partial charge in [0, 0.05) is 6.04 Å². The lowest BCUT2D eigenvalue weighted by atomic mass is 10.1. The Morgan fingerprint density at radius 1 is 1.44 bits per heavy atom. The first-order chi connectivity index (χ1) is 8.54. The molecule has 1 unspecified atom stereocenters. The number of phenols is 2. The van der Waals surface area contributed by atoms with Crippen molar-refractivity contribution < 1.29 is 15.0 Å². The molecular formula is C13H19NO3S. The molecular weight excluding hydrogens is 250 g/mol. The Bertz CT molecular complexity index is 409. The fourth-order valence-corrected chi connectivity index (χ4v) is 2.29. The molecule has 0 saturated carbocycles. The number of phenolic OH excluding ortho intramolecular Hbond substituents is 2. The van der Waals surface area contributed by atoms with Gasteiger partial charge >= 0.3 is 0 Å². The van der Waals surface area contributed by atoms with Crippen LogP contribution in [0.3, 0.4) is 0 Å². The number of nitrogens with one attached hydrogen (secondary N) is 1. The highest BCUT2D eigenvalue weighted by molar-refractivity contribution is 7.99. The van der Waals surface area contributed by atoms with Crippen LogP contribution in [0.25, 0.3) is 0 Å². The molecule has 4 nitrogen and oxygen atoms in total. The Morgan fingerprint density at radius 2 is 2.17 bits per heavy atom. The summed E-state index contributed by atoms with van der Waals surface area (Å²) in [5, 5.41) is 21.7. The predicted molar refractivity (Wildman–Crippen MR) is 74.3 cm³/mol. The van der Waals surface area contributed by atoms with E-state index >= 15 is 0 Å². The largest absolute Gasteiger partial charge is 0.508 e. The molecule has 0 spiro atoms. The molecule has 1 aromatic carbocycles. The normalized spacial score (nSPS) is 12.1. The van der Waals surface area contributed by atoms with E-state index in [0.29, 0.717) is 0 Å². The molecule has 3 N–H and O–H groups in total. The average Bonchev–Trinajstić information content (AvgIpc) is 2.32. The Hall–Kier alpha value is -1.36. The van der Waals surface area contributed by atoms with E-state index in [4.69, 9.17) is 0 Å². The van der Waals surface area contributed by atoms with Gasteiger partial charge in [0.1, 0.15) is 11.5 Å². The van der Waals surface area contributed by atoms with Crippen LogP contribution in [0.2, 0.25) is 0 Å². The van der Waals surface area contributed by atoms with E-state index in [1.165, 1.54) is 18.2 Å². The highest BCUT2D eigenvalue weighted by Crippen LogP contribution is 2.22. The van der Waals surface area contributed by atoms with Gasteiger partial charge in [0.05, 0.1) is 5.56 Å². The molecule has 0 saturated heterocycles. The minimum Gasteiger partial charge on any atom is -0.508 e. The van der Waals surface area contributed by atoms with Crippen LogP contribution in [0.1, 0.15) is 30.6 Å². The lowest BCUT2D eigenvalue weighted by Gasteiger charge is -2.14. The molecule has 100 valence electrons. The third-order valence-corrected chi connectivity index (χ3v) is 3.43. The zero-order valence-electron chi connectivity index (χ0n) is 10.6. The SMILES string of the molecule is CCSCCC(C)NC(=O)c1cc(O)ccc1O. The molecule has 0 heterocycles. The van der Waals surface area contributed by atoms with Crippen molar-refractivity contribution in [3.8, 4) is 11.5 Å². The van der Waals surface area contributed by atoms with Gasteiger partial charge in [0.15, 0.2) is 0 Å². The second-order valence-electron chi connectivity index (χ2n) is 4.06. The van der Waals surface area contributed by atoms with Gasteiger partial charge in [0.2, 0.25) is 0 Å². The summed E-state index contributed by atoms with van der Waals surface area (Å²) in [4.78, 5) is 11.9. The minimum absolute atomic E-state index is 0.0351. The molecule has 0 aliphatic heterocycles.